The first-order valence-electron chi connectivity index (χ1n) is 7.73. The zero-order chi connectivity index (χ0) is 17.8. The summed E-state index contributed by atoms with van der Waals surface area (Å²) in [6.07, 6.45) is 0. The second-order valence-electron chi connectivity index (χ2n) is 5.61. The van der Waals surface area contributed by atoms with E-state index in [-0.39, 0.29) is 12.5 Å². The van der Waals surface area contributed by atoms with Gasteiger partial charge in [0.15, 0.2) is 11.7 Å². The van der Waals surface area contributed by atoms with Gasteiger partial charge in [-0.2, -0.15) is 0 Å². The summed E-state index contributed by atoms with van der Waals surface area (Å²) in [6, 6.07) is 13.8. The zero-order valence-electron chi connectivity index (χ0n) is 13.9. The van der Waals surface area contributed by atoms with Crippen molar-refractivity contribution in [1.29, 1.82) is 0 Å². The van der Waals surface area contributed by atoms with Crippen LogP contribution in [-0.4, -0.2) is 17.5 Å². The van der Waals surface area contributed by atoms with Gasteiger partial charge in [-0.25, -0.2) is 4.98 Å². The predicted molar refractivity (Wildman–Crippen MR) is 105 cm³/mol. The molecule has 3 aromatic rings. The third-order valence-corrected chi connectivity index (χ3v) is 4.81. The Morgan fingerprint density at radius 1 is 1.20 bits per heavy atom. The predicted octanol–water partition coefficient (Wildman–Crippen LogP) is 5.21. The molecule has 0 saturated carbocycles. The molecular formula is C19H17BrN2O2S. The van der Waals surface area contributed by atoms with E-state index < -0.39 is 0 Å². The second-order valence-corrected chi connectivity index (χ2v) is 7.38. The Morgan fingerprint density at radius 2 is 1.88 bits per heavy atom. The fourth-order valence-corrected chi connectivity index (χ4v) is 3.91. The standard InChI is InChI=1S/C19H17BrN2O2S/c1-12-8-15(20)9-13(2)18(12)24-10-17(23)22-19-21-16(11-25-19)14-6-4-3-5-7-14/h3-9,11H,10H2,1-2H3,(H,21,22,23). The molecule has 0 bridgehead atoms. The van der Waals surface area contributed by atoms with Crippen LogP contribution in [0.2, 0.25) is 0 Å². The number of benzene rings is 2. The van der Waals surface area contributed by atoms with Crippen LogP contribution in [0, 0.1) is 13.8 Å². The lowest BCUT2D eigenvalue weighted by Crippen LogP contribution is -2.20. The van der Waals surface area contributed by atoms with Crippen molar-refractivity contribution in [2.24, 2.45) is 0 Å². The fraction of sp³-hybridized carbons (Fsp3) is 0.158. The van der Waals surface area contributed by atoms with Crippen molar-refractivity contribution in [2.45, 2.75) is 13.8 Å². The summed E-state index contributed by atoms with van der Waals surface area (Å²) in [4.78, 5) is 16.6. The smallest absolute Gasteiger partial charge is 0.264 e. The Bertz CT molecular complexity index is 870. The number of anilines is 1. The van der Waals surface area contributed by atoms with Crippen molar-refractivity contribution in [1.82, 2.24) is 4.98 Å². The summed E-state index contributed by atoms with van der Waals surface area (Å²) in [6.45, 7) is 3.86. The molecule has 25 heavy (non-hydrogen) atoms. The van der Waals surface area contributed by atoms with E-state index in [1.165, 1.54) is 11.3 Å². The molecular weight excluding hydrogens is 400 g/mol. The van der Waals surface area contributed by atoms with Gasteiger partial charge in [0.25, 0.3) is 5.91 Å². The summed E-state index contributed by atoms with van der Waals surface area (Å²) < 4.78 is 6.69. The Hall–Kier alpha value is -2.18. The number of hydrogen-bond acceptors (Lipinski definition) is 4. The highest BCUT2D eigenvalue weighted by Crippen LogP contribution is 2.27. The van der Waals surface area contributed by atoms with Gasteiger partial charge in [-0.15, -0.1) is 11.3 Å². The molecule has 0 aliphatic carbocycles. The molecule has 3 rings (SSSR count). The zero-order valence-corrected chi connectivity index (χ0v) is 16.3. The third-order valence-electron chi connectivity index (χ3n) is 3.59. The Labute approximate surface area is 159 Å². The van der Waals surface area contributed by atoms with Crippen LogP contribution in [0.25, 0.3) is 11.3 Å². The number of halogens is 1. The number of amides is 1. The normalized spacial score (nSPS) is 10.5. The minimum absolute atomic E-state index is 0.0520. The molecule has 4 nitrogen and oxygen atoms in total. The highest BCUT2D eigenvalue weighted by Gasteiger charge is 2.11. The molecule has 0 radical (unpaired) electrons. The van der Waals surface area contributed by atoms with Crippen molar-refractivity contribution in [3.8, 4) is 17.0 Å². The van der Waals surface area contributed by atoms with Gasteiger partial charge < -0.3 is 4.74 Å². The lowest BCUT2D eigenvalue weighted by atomic mass is 10.1. The number of nitrogens with one attached hydrogen (secondary N) is 1. The number of carbonyl (C=O) groups is 1. The Balaban J connectivity index is 1.61. The molecule has 1 aromatic heterocycles. The molecule has 128 valence electrons. The number of thiazole rings is 1. The molecule has 0 atom stereocenters. The minimum Gasteiger partial charge on any atom is -0.483 e. The van der Waals surface area contributed by atoms with Gasteiger partial charge in [0.1, 0.15) is 5.75 Å². The van der Waals surface area contributed by atoms with Gasteiger partial charge in [0.05, 0.1) is 5.69 Å². The molecule has 0 unspecified atom stereocenters. The molecule has 6 heteroatoms. The van der Waals surface area contributed by atoms with Crippen LogP contribution in [0.4, 0.5) is 5.13 Å². The first-order valence-corrected chi connectivity index (χ1v) is 9.40. The summed E-state index contributed by atoms with van der Waals surface area (Å²) in [5, 5.41) is 5.28. The van der Waals surface area contributed by atoms with Gasteiger partial charge in [-0.05, 0) is 37.1 Å². The lowest BCUT2D eigenvalue weighted by Gasteiger charge is -2.12. The fourth-order valence-electron chi connectivity index (χ4n) is 2.49. The largest absolute Gasteiger partial charge is 0.483 e. The number of ether oxygens (including phenoxy) is 1. The van der Waals surface area contributed by atoms with Crippen LogP contribution in [0.1, 0.15) is 11.1 Å². The molecule has 0 fully saturated rings. The van der Waals surface area contributed by atoms with E-state index in [1.807, 2.05) is 61.7 Å². The molecule has 1 amide bonds. The van der Waals surface area contributed by atoms with E-state index in [9.17, 15) is 4.79 Å². The maximum absolute atomic E-state index is 12.1. The quantitative estimate of drug-likeness (QED) is 0.620. The highest BCUT2D eigenvalue weighted by atomic mass is 79.9. The van der Waals surface area contributed by atoms with Crippen LogP contribution in [0.3, 0.4) is 0 Å². The summed E-state index contributed by atoms with van der Waals surface area (Å²) >= 11 is 4.85. The SMILES string of the molecule is Cc1cc(Br)cc(C)c1OCC(=O)Nc1nc(-c2ccccc2)cs1. The van der Waals surface area contributed by atoms with Gasteiger partial charge in [0.2, 0.25) is 0 Å². The number of hydrogen-bond donors (Lipinski definition) is 1. The van der Waals surface area contributed by atoms with Gasteiger partial charge >= 0.3 is 0 Å². The first-order chi connectivity index (χ1) is 12.0. The van der Waals surface area contributed by atoms with Gasteiger partial charge in [0, 0.05) is 15.4 Å². The Morgan fingerprint density at radius 3 is 2.56 bits per heavy atom. The number of nitrogens with zero attached hydrogens (tertiary/aromatic N) is 1. The molecule has 0 saturated heterocycles. The van der Waals surface area contributed by atoms with Crippen molar-refractivity contribution < 1.29 is 9.53 Å². The number of aryl methyl sites for hydroxylation is 2. The maximum Gasteiger partial charge on any atom is 0.264 e. The molecule has 0 spiro atoms. The molecule has 1 heterocycles. The molecule has 1 N–H and O–H groups in total. The average Bonchev–Trinajstić information content (AvgIpc) is 3.03. The average molecular weight is 417 g/mol. The van der Waals surface area contributed by atoms with E-state index in [4.69, 9.17) is 4.74 Å². The van der Waals surface area contributed by atoms with Crippen molar-refractivity contribution in [3.05, 3.63) is 63.4 Å². The number of carbonyl (C=O) groups excluding carboxylic acids is 1. The second kappa shape index (κ2) is 7.80. The van der Waals surface area contributed by atoms with Crippen LogP contribution < -0.4 is 10.1 Å². The van der Waals surface area contributed by atoms with Crippen molar-refractivity contribution in [3.63, 3.8) is 0 Å². The van der Waals surface area contributed by atoms with Gasteiger partial charge in [-0.3, -0.25) is 10.1 Å². The summed E-state index contributed by atoms with van der Waals surface area (Å²) in [5.74, 6) is 0.512. The maximum atomic E-state index is 12.1. The van der Waals surface area contributed by atoms with Crippen molar-refractivity contribution in [2.75, 3.05) is 11.9 Å². The van der Waals surface area contributed by atoms with Crippen LogP contribution in [-0.2, 0) is 4.79 Å². The first kappa shape index (κ1) is 17.6. The van der Waals surface area contributed by atoms with E-state index in [2.05, 4.69) is 26.2 Å². The Kier molecular flexibility index (Phi) is 5.50. The van der Waals surface area contributed by atoms with Crippen LogP contribution >= 0.6 is 27.3 Å². The van der Waals surface area contributed by atoms with E-state index in [0.29, 0.717) is 5.13 Å². The summed E-state index contributed by atoms with van der Waals surface area (Å²) in [7, 11) is 0. The number of aromatic nitrogens is 1. The molecule has 0 aliphatic heterocycles. The van der Waals surface area contributed by atoms with E-state index in [0.717, 1.165) is 32.6 Å². The monoisotopic (exact) mass is 416 g/mol. The van der Waals surface area contributed by atoms with Gasteiger partial charge in [-0.1, -0.05) is 46.3 Å². The van der Waals surface area contributed by atoms with Crippen LogP contribution in [0.5, 0.6) is 5.75 Å². The van der Waals surface area contributed by atoms with Crippen molar-refractivity contribution >= 4 is 38.3 Å². The number of rotatable bonds is 5. The summed E-state index contributed by atoms with van der Waals surface area (Å²) in [5.41, 5.74) is 3.85. The van der Waals surface area contributed by atoms with E-state index >= 15 is 0 Å². The minimum atomic E-state index is -0.226. The molecule has 0 aliphatic rings. The van der Waals surface area contributed by atoms with E-state index in [1.54, 1.807) is 0 Å². The highest BCUT2D eigenvalue weighted by molar-refractivity contribution is 9.10. The molecule has 2 aromatic carbocycles. The van der Waals surface area contributed by atoms with Crippen LogP contribution in [0.15, 0.2) is 52.3 Å². The lowest BCUT2D eigenvalue weighted by molar-refractivity contribution is -0.118. The third kappa shape index (κ3) is 4.46. The topological polar surface area (TPSA) is 51.2 Å².